The number of alkyl halides is 6. The Morgan fingerprint density at radius 3 is 2.08 bits per heavy atom. The van der Waals surface area contributed by atoms with Crippen LogP contribution in [0.3, 0.4) is 0 Å². The molecule has 0 atom stereocenters. The van der Waals surface area contributed by atoms with Crippen molar-refractivity contribution in [1.29, 1.82) is 0 Å². The molecular weight excluding hydrogens is 530 g/mol. The van der Waals surface area contributed by atoms with Crippen LogP contribution in [0.5, 0.6) is 0 Å². The molecule has 4 aromatic heterocycles. The van der Waals surface area contributed by atoms with Crippen LogP contribution in [0.2, 0.25) is 0 Å². The minimum Gasteiger partial charge on any atom is -0.542 e. The summed E-state index contributed by atoms with van der Waals surface area (Å²) in [6.45, 7) is 0. The predicted molar refractivity (Wildman–Crippen MR) is 108 cm³/mol. The van der Waals surface area contributed by atoms with Gasteiger partial charge in [0.25, 0.3) is 18.0 Å². The number of carbonyl (C=O) groups is 3. The van der Waals surface area contributed by atoms with Crippen LogP contribution in [0.25, 0.3) is 16.9 Å². The first kappa shape index (κ1) is 29.1. The molecule has 0 aliphatic carbocycles. The minimum absolute atomic E-state index is 0.257. The third-order valence-corrected chi connectivity index (χ3v) is 4.08. The maximum absolute atomic E-state index is 12.7. The molecule has 38 heavy (non-hydrogen) atoms. The molecular formula is C21H14F6N6O5. The number of halogens is 6. The number of rotatable bonds is 3. The molecule has 0 radical (unpaired) electrons. The summed E-state index contributed by atoms with van der Waals surface area (Å²) in [6, 6.07) is 11.2. The smallest absolute Gasteiger partial charge is 0.430 e. The van der Waals surface area contributed by atoms with Crippen LogP contribution in [0.1, 0.15) is 10.5 Å². The van der Waals surface area contributed by atoms with Gasteiger partial charge in [0.05, 0.1) is 18.0 Å². The number of amides is 1. The van der Waals surface area contributed by atoms with Gasteiger partial charge >= 0.3 is 18.3 Å². The number of hydrogen-bond acceptors (Lipinski definition) is 7. The zero-order chi connectivity index (χ0) is 28.5. The van der Waals surface area contributed by atoms with Gasteiger partial charge < -0.3 is 19.8 Å². The standard InChI is InChI=1S/C17H12N6O.2C2HF3O2/c24-17(21-14-6-8-19-11-20-14)15-13-5-1-2-9-23(13)16(22-15)12-4-3-7-18-10-12;2*3-2(4,5)1(6)7/h1-11H,(H,19,20,21,24);2*(H,6,7). The van der Waals surface area contributed by atoms with E-state index in [1.165, 1.54) is 6.33 Å². The van der Waals surface area contributed by atoms with Crippen molar-refractivity contribution in [3.8, 4) is 11.4 Å². The van der Waals surface area contributed by atoms with Crippen molar-refractivity contribution in [3.63, 3.8) is 0 Å². The van der Waals surface area contributed by atoms with E-state index < -0.39 is 24.3 Å². The minimum atomic E-state index is -5.19. The molecule has 0 unspecified atom stereocenters. The molecule has 0 aliphatic heterocycles. The van der Waals surface area contributed by atoms with Gasteiger partial charge in [-0.3, -0.25) is 20.1 Å². The first-order valence-corrected chi connectivity index (χ1v) is 9.84. The molecule has 17 heteroatoms. The second kappa shape index (κ2) is 12.2. The van der Waals surface area contributed by atoms with E-state index in [9.17, 15) is 31.1 Å². The molecule has 0 saturated heterocycles. The van der Waals surface area contributed by atoms with Crippen LogP contribution in [0.4, 0.5) is 32.2 Å². The number of fused-ring (bicyclic) bond motifs is 1. The quantitative estimate of drug-likeness (QED) is 0.268. The van der Waals surface area contributed by atoms with Gasteiger partial charge in [-0.2, -0.15) is 30.7 Å². The molecule has 0 spiro atoms. The summed E-state index contributed by atoms with van der Waals surface area (Å²) in [6.07, 6.45) is -1.81. The number of pyridine rings is 2. The summed E-state index contributed by atoms with van der Waals surface area (Å²) in [4.78, 5) is 44.5. The summed E-state index contributed by atoms with van der Waals surface area (Å²) in [5.74, 6) is -5.00. The van der Waals surface area contributed by atoms with E-state index in [0.29, 0.717) is 11.5 Å². The molecule has 0 saturated carbocycles. The van der Waals surface area contributed by atoms with Crippen molar-refractivity contribution in [1.82, 2.24) is 15.0 Å². The summed E-state index contributed by atoms with van der Waals surface area (Å²) < 4.78 is 65.0. The normalized spacial score (nSPS) is 10.9. The lowest BCUT2D eigenvalue weighted by molar-refractivity contribution is -0.498. The van der Waals surface area contributed by atoms with Crippen LogP contribution in [0.15, 0.2) is 67.5 Å². The van der Waals surface area contributed by atoms with Crippen molar-refractivity contribution >= 4 is 29.2 Å². The predicted octanol–water partition coefficient (Wildman–Crippen LogP) is -0.126. The number of aromatic nitrogens is 5. The number of imidazole rings is 1. The highest BCUT2D eigenvalue weighted by molar-refractivity contribution is 6.06. The Bertz CT molecular complexity index is 1370. The van der Waals surface area contributed by atoms with E-state index in [1.54, 1.807) is 24.7 Å². The number of nitrogens with one attached hydrogen (secondary N) is 3. The highest BCUT2D eigenvalue weighted by Crippen LogP contribution is 2.17. The van der Waals surface area contributed by atoms with Crippen molar-refractivity contribution in [3.05, 3.63) is 73.2 Å². The lowest BCUT2D eigenvalue weighted by atomic mass is 10.3. The van der Waals surface area contributed by atoms with Gasteiger partial charge in [-0.25, -0.2) is 4.98 Å². The zero-order valence-corrected chi connectivity index (χ0v) is 18.5. The molecule has 4 rings (SSSR count). The van der Waals surface area contributed by atoms with E-state index >= 15 is 0 Å². The topological polar surface area (TPSA) is 169 Å². The molecule has 4 heterocycles. The van der Waals surface area contributed by atoms with Gasteiger partial charge in [-0.1, -0.05) is 6.07 Å². The number of hydrogen-bond donors (Lipinski definition) is 2. The second-order valence-corrected chi connectivity index (χ2v) is 6.71. The molecule has 0 fully saturated rings. The van der Waals surface area contributed by atoms with Crippen molar-refractivity contribution in [2.45, 2.75) is 12.4 Å². The van der Waals surface area contributed by atoms with Crippen molar-refractivity contribution < 1.29 is 60.3 Å². The van der Waals surface area contributed by atoms with Crippen LogP contribution >= 0.6 is 0 Å². The molecule has 3 N–H and O–H groups in total. The lowest BCUT2D eigenvalue weighted by Crippen LogP contribution is -2.37. The fourth-order valence-electron chi connectivity index (χ4n) is 2.54. The van der Waals surface area contributed by atoms with Gasteiger partial charge in [0.2, 0.25) is 5.69 Å². The third kappa shape index (κ3) is 8.25. The van der Waals surface area contributed by atoms with Gasteiger partial charge in [-0.15, -0.1) is 0 Å². The second-order valence-electron chi connectivity index (χ2n) is 6.71. The highest BCUT2D eigenvalue weighted by atomic mass is 19.4. The molecule has 200 valence electrons. The SMILES string of the molecule is O=C(Nc1cc[nH+]cn1)c1[nH]c(-c2cccnc2)[n+]2ccccc12.O=C([O-])C(F)(F)F.O=C([O-])C(F)(F)F. The summed E-state index contributed by atoms with van der Waals surface area (Å²) in [7, 11) is 0. The number of H-pyrrole nitrogens is 2. The Labute approximate surface area is 207 Å². The van der Waals surface area contributed by atoms with Crippen molar-refractivity contribution in [2.24, 2.45) is 0 Å². The van der Waals surface area contributed by atoms with Gasteiger partial charge in [0, 0.05) is 18.5 Å². The van der Waals surface area contributed by atoms with Crippen LogP contribution in [-0.2, 0) is 9.59 Å². The van der Waals surface area contributed by atoms with Crippen LogP contribution < -0.4 is 24.9 Å². The van der Waals surface area contributed by atoms with Crippen LogP contribution in [-0.4, -0.2) is 45.2 Å². The Morgan fingerprint density at radius 1 is 0.947 bits per heavy atom. The molecule has 0 aliphatic rings. The average Bonchev–Trinajstić information content (AvgIpc) is 3.25. The van der Waals surface area contributed by atoms with E-state index in [-0.39, 0.29) is 5.91 Å². The first-order chi connectivity index (χ1) is 17.7. The molecule has 4 aromatic rings. The molecule has 1 amide bonds. The highest BCUT2D eigenvalue weighted by Gasteiger charge is 2.29. The van der Waals surface area contributed by atoms with Gasteiger partial charge in [0.15, 0.2) is 5.52 Å². The maximum Gasteiger partial charge on any atom is 0.430 e. The first-order valence-electron chi connectivity index (χ1n) is 9.84. The zero-order valence-electron chi connectivity index (χ0n) is 18.5. The maximum atomic E-state index is 12.7. The number of carbonyl (C=O) groups excluding carboxylic acids is 3. The van der Waals surface area contributed by atoms with Gasteiger partial charge in [0.1, 0.15) is 11.9 Å². The largest absolute Gasteiger partial charge is 0.542 e. The van der Waals surface area contributed by atoms with Crippen LogP contribution in [0, 0.1) is 0 Å². The third-order valence-electron chi connectivity index (χ3n) is 4.08. The number of aliphatic carboxylic acids is 2. The summed E-state index contributed by atoms with van der Waals surface area (Å²) in [5, 5.41) is 20.4. The number of carboxylic acid groups (broad SMARTS) is 2. The fourth-order valence-corrected chi connectivity index (χ4v) is 2.54. The Hall–Kier alpha value is -5.09. The molecule has 11 nitrogen and oxygen atoms in total. The molecule has 0 aromatic carbocycles. The fraction of sp³-hybridized carbons (Fsp3) is 0.0952. The Morgan fingerprint density at radius 2 is 1.58 bits per heavy atom. The average molecular weight is 544 g/mol. The Kier molecular flexibility index (Phi) is 9.39. The molecule has 0 bridgehead atoms. The number of nitrogens with zero attached hydrogens (tertiary/aromatic N) is 3. The van der Waals surface area contributed by atoms with Crippen molar-refractivity contribution in [2.75, 3.05) is 5.32 Å². The number of anilines is 1. The summed E-state index contributed by atoms with van der Waals surface area (Å²) >= 11 is 0. The monoisotopic (exact) mass is 544 g/mol. The summed E-state index contributed by atoms with van der Waals surface area (Å²) in [5.41, 5.74) is 2.13. The number of aromatic amines is 2. The van der Waals surface area contributed by atoms with E-state index in [2.05, 4.69) is 25.3 Å². The Balaban J connectivity index is 0.000000301. The number of carboxylic acids is 2. The van der Waals surface area contributed by atoms with Gasteiger partial charge in [-0.05, 0) is 29.2 Å². The van der Waals surface area contributed by atoms with E-state index in [4.69, 9.17) is 19.8 Å². The van der Waals surface area contributed by atoms with E-state index in [0.717, 1.165) is 16.9 Å². The lowest BCUT2D eigenvalue weighted by Gasteiger charge is -2.03. The van der Waals surface area contributed by atoms with E-state index in [1.807, 2.05) is 40.9 Å².